The standard InChI is InChI=1S/C3HF7O3S.HI/c4-1(2(5,6)7,3(8,9)10)14(11,12)13;/h(H,11,12,13);1H. The molecule has 0 aromatic heterocycles. The van der Waals surface area contributed by atoms with E-state index in [9.17, 15) is 39.2 Å². The molecule has 0 saturated heterocycles. The maximum absolute atomic E-state index is 12.2. The van der Waals surface area contributed by atoms with Crippen LogP contribution in [-0.2, 0) is 10.1 Å². The van der Waals surface area contributed by atoms with Crippen LogP contribution in [0, 0.1) is 0 Å². The first-order valence-corrected chi connectivity index (χ1v) is 3.98. The summed E-state index contributed by atoms with van der Waals surface area (Å²) < 4.78 is 108. The fourth-order valence-electron chi connectivity index (χ4n) is 0.453. The summed E-state index contributed by atoms with van der Waals surface area (Å²) in [7, 11) is -7.00. The van der Waals surface area contributed by atoms with Gasteiger partial charge >= 0.3 is 27.5 Å². The quantitative estimate of drug-likeness (QED) is 0.433. The lowest BCUT2D eigenvalue weighted by atomic mass is 10.3. The van der Waals surface area contributed by atoms with Gasteiger partial charge in [-0.15, -0.1) is 24.0 Å². The van der Waals surface area contributed by atoms with Crippen molar-refractivity contribution >= 4 is 34.1 Å². The molecule has 0 amide bonds. The second-order valence-corrected chi connectivity index (χ2v) is 3.58. The average molecular weight is 378 g/mol. The lowest BCUT2D eigenvalue weighted by molar-refractivity contribution is -0.307. The largest absolute Gasteiger partial charge is 0.449 e. The molecule has 0 spiro atoms. The predicted molar refractivity (Wildman–Crippen MR) is 42.9 cm³/mol. The Kier molecular flexibility index (Phi) is 4.91. The fourth-order valence-corrected chi connectivity index (χ4v) is 1.04. The smallest absolute Gasteiger partial charge is 0.283 e. The van der Waals surface area contributed by atoms with E-state index in [1.165, 1.54) is 0 Å². The van der Waals surface area contributed by atoms with E-state index in [2.05, 4.69) is 0 Å². The highest BCUT2D eigenvalue weighted by Crippen LogP contribution is 2.49. The Balaban J connectivity index is 0. The molecule has 3 nitrogen and oxygen atoms in total. The molecule has 0 atom stereocenters. The third kappa shape index (κ3) is 2.83. The minimum atomic E-state index is -7.00. The number of halogens is 8. The maximum Gasteiger partial charge on any atom is 0.449 e. The molecule has 0 bridgehead atoms. The summed E-state index contributed by atoms with van der Waals surface area (Å²) in [5.41, 5.74) is 0. The Hall–Kier alpha value is 0.150. The van der Waals surface area contributed by atoms with E-state index in [4.69, 9.17) is 4.55 Å². The van der Waals surface area contributed by atoms with Crippen LogP contribution in [0.3, 0.4) is 0 Å². The van der Waals surface area contributed by atoms with Crippen LogP contribution >= 0.6 is 24.0 Å². The van der Waals surface area contributed by atoms with Crippen LogP contribution < -0.4 is 0 Å². The minimum Gasteiger partial charge on any atom is -0.283 e. The molecule has 0 aromatic carbocycles. The molecule has 0 rings (SSSR count). The van der Waals surface area contributed by atoms with Crippen LogP contribution in [0.1, 0.15) is 0 Å². The molecule has 0 aliphatic carbocycles. The normalized spacial score (nSPS) is 14.7. The van der Waals surface area contributed by atoms with Gasteiger partial charge in [0.2, 0.25) is 0 Å². The molecule has 0 fully saturated rings. The molecular weight excluding hydrogens is 376 g/mol. The molecule has 0 heterocycles. The van der Waals surface area contributed by atoms with Crippen molar-refractivity contribution in [3.05, 3.63) is 0 Å². The van der Waals surface area contributed by atoms with E-state index in [-0.39, 0.29) is 24.0 Å². The molecule has 12 heteroatoms. The van der Waals surface area contributed by atoms with Crippen molar-refractivity contribution in [2.24, 2.45) is 0 Å². The van der Waals surface area contributed by atoms with E-state index in [1.807, 2.05) is 0 Å². The Labute approximate surface area is 95.4 Å². The first-order chi connectivity index (χ1) is 5.75. The molecule has 0 saturated carbocycles. The summed E-state index contributed by atoms with van der Waals surface area (Å²) in [6.07, 6.45) is -13.6. The Bertz CT molecular complexity index is 301. The van der Waals surface area contributed by atoms with Crippen molar-refractivity contribution in [1.82, 2.24) is 0 Å². The van der Waals surface area contributed by atoms with Gasteiger partial charge in [0, 0.05) is 0 Å². The molecule has 0 aromatic rings. The van der Waals surface area contributed by atoms with E-state index in [0.29, 0.717) is 0 Å². The van der Waals surface area contributed by atoms with Gasteiger partial charge in [-0.05, 0) is 0 Å². The van der Waals surface area contributed by atoms with Crippen LogP contribution in [0.5, 0.6) is 0 Å². The first kappa shape index (κ1) is 17.5. The Morgan fingerprint density at radius 2 is 1.00 bits per heavy atom. The highest BCUT2D eigenvalue weighted by atomic mass is 127. The summed E-state index contributed by atoms with van der Waals surface area (Å²) in [6, 6.07) is 0. The van der Waals surface area contributed by atoms with Gasteiger partial charge in [0.05, 0.1) is 0 Å². The van der Waals surface area contributed by atoms with Gasteiger partial charge in [-0.2, -0.15) is 34.8 Å². The van der Waals surface area contributed by atoms with Gasteiger partial charge in [-0.3, -0.25) is 4.55 Å². The predicted octanol–water partition coefficient (Wildman–Crippen LogP) is 2.28. The second-order valence-electron chi connectivity index (χ2n) is 2.07. The van der Waals surface area contributed by atoms with E-state index < -0.39 is 27.5 Å². The van der Waals surface area contributed by atoms with E-state index in [1.54, 1.807) is 0 Å². The van der Waals surface area contributed by atoms with Crippen LogP contribution in [0.2, 0.25) is 0 Å². The zero-order valence-corrected chi connectivity index (χ0v) is 9.37. The number of hydrogen-bond donors (Lipinski definition) is 1. The summed E-state index contributed by atoms with van der Waals surface area (Å²) >= 11 is 0. The summed E-state index contributed by atoms with van der Waals surface area (Å²) in [5.74, 6) is 0. The van der Waals surface area contributed by atoms with E-state index in [0.717, 1.165) is 0 Å². The molecule has 0 aliphatic rings. The number of hydrogen-bond acceptors (Lipinski definition) is 2. The lowest BCUT2D eigenvalue weighted by Crippen LogP contribution is -2.58. The van der Waals surface area contributed by atoms with Crippen LogP contribution in [0.15, 0.2) is 0 Å². The molecule has 0 aliphatic heterocycles. The molecular formula is C3H2F7IO3S. The minimum absolute atomic E-state index is 0. The molecule has 94 valence electrons. The van der Waals surface area contributed by atoms with Crippen molar-refractivity contribution in [3.63, 3.8) is 0 Å². The van der Waals surface area contributed by atoms with Gasteiger partial charge in [0.15, 0.2) is 0 Å². The van der Waals surface area contributed by atoms with Crippen LogP contribution in [0.25, 0.3) is 0 Å². The first-order valence-electron chi connectivity index (χ1n) is 2.54. The van der Waals surface area contributed by atoms with Crippen molar-refractivity contribution in [2.45, 2.75) is 17.4 Å². The third-order valence-corrected chi connectivity index (χ3v) is 2.26. The highest BCUT2D eigenvalue weighted by molar-refractivity contribution is 14.0. The average Bonchev–Trinajstić information content (AvgIpc) is 1.77. The van der Waals surface area contributed by atoms with E-state index >= 15 is 0 Å². The van der Waals surface area contributed by atoms with Gasteiger partial charge in [0.25, 0.3) is 0 Å². The summed E-state index contributed by atoms with van der Waals surface area (Å²) in [4.78, 5) is 0. The number of rotatable bonds is 1. The third-order valence-electron chi connectivity index (χ3n) is 1.08. The topological polar surface area (TPSA) is 54.4 Å². The van der Waals surface area contributed by atoms with Gasteiger partial charge < -0.3 is 0 Å². The van der Waals surface area contributed by atoms with Crippen molar-refractivity contribution in [1.29, 1.82) is 0 Å². The number of alkyl halides is 7. The van der Waals surface area contributed by atoms with Crippen LogP contribution in [-0.4, -0.2) is 30.3 Å². The molecule has 0 unspecified atom stereocenters. The van der Waals surface area contributed by atoms with Crippen molar-refractivity contribution in [3.8, 4) is 0 Å². The monoisotopic (exact) mass is 378 g/mol. The zero-order chi connectivity index (χ0) is 12.0. The summed E-state index contributed by atoms with van der Waals surface area (Å²) in [5, 5.41) is -6.66. The van der Waals surface area contributed by atoms with Crippen LogP contribution in [0.4, 0.5) is 30.7 Å². The van der Waals surface area contributed by atoms with Crippen molar-refractivity contribution in [2.75, 3.05) is 0 Å². The molecule has 0 radical (unpaired) electrons. The summed E-state index contributed by atoms with van der Waals surface area (Å²) in [6.45, 7) is 0. The fraction of sp³-hybridized carbons (Fsp3) is 1.00. The molecule has 1 N–H and O–H groups in total. The van der Waals surface area contributed by atoms with Gasteiger partial charge in [-0.25, -0.2) is 4.39 Å². The molecule has 15 heavy (non-hydrogen) atoms. The van der Waals surface area contributed by atoms with Crippen molar-refractivity contribution < 1.29 is 43.7 Å². The Morgan fingerprint density at radius 3 is 1.00 bits per heavy atom. The Morgan fingerprint density at radius 1 is 0.800 bits per heavy atom. The second kappa shape index (κ2) is 4.20. The highest BCUT2D eigenvalue weighted by Gasteiger charge is 2.80. The SMILES string of the molecule is I.O=S(=O)(O)C(F)(C(F)(F)F)C(F)(F)F. The van der Waals surface area contributed by atoms with Gasteiger partial charge in [0.1, 0.15) is 0 Å². The lowest BCUT2D eigenvalue weighted by Gasteiger charge is -2.26. The zero-order valence-electron chi connectivity index (χ0n) is 6.23. The van der Waals surface area contributed by atoms with Gasteiger partial charge in [-0.1, -0.05) is 0 Å². The maximum atomic E-state index is 12.2.